The fourth-order valence-electron chi connectivity index (χ4n) is 2.63. The number of aryl methyl sites for hydroxylation is 2. The van der Waals surface area contributed by atoms with Gasteiger partial charge in [-0.2, -0.15) is 11.3 Å². The van der Waals surface area contributed by atoms with Crippen LogP contribution in [0.1, 0.15) is 35.1 Å². The lowest BCUT2D eigenvalue weighted by atomic mass is 10.1. The Labute approximate surface area is 131 Å². The molecule has 1 fully saturated rings. The fourth-order valence-corrected chi connectivity index (χ4v) is 3.33. The summed E-state index contributed by atoms with van der Waals surface area (Å²) in [5.74, 6) is 1.06. The van der Waals surface area contributed by atoms with Crippen molar-refractivity contribution in [3.8, 4) is 5.75 Å². The largest absolute Gasteiger partial charge is 0.493 e. The van der Waals surface area contributed by atoms with E-state index in [1.165, 1.54) is 35.1 Å². The first-order chi connectivity index (χ1) is 10.2. The molecular formula is C18H23NOS. The highest BCUT2D eigenvalue weighted by Crippen LogP contribution is 2.26. The molecular weight excluding hydrogens is 278 g/mol. The third kappa shape index (κ3) is 4.08. The van der Waals surface area contributed by atoms with E-state index in [1.54, 1.807) is 11.3 Å². The van der Waals surface area contributed by atoms with Crippen LogP contribution in [0.2, 0.25) is 0 Å². The molecule has 1 N–H and O–H groups in total. The SMILES string of the molecule is Cc1cc(CNC2CC2)cc(C)c1OCCc1ccsc1. The van der Waals surface area contributed by atoms with E-state index in [0.717, 1.165) is 31.4 Å². The predicted molar refractivity (Wildman–Crippen MR) is 89.3 cm³/mol. The van der Waals surface area contributed by atoms with E-state index in [9.17, 15) is 0 Å². The molecule has 0 spiro atoms. The summed E-state index contributed by atoms with van der Waals surface area (Å²) >= 11 is 1.74. The molecule has 1 aromatic carbocycles. The third-order valence-corrected chi connectivity index (χ3v) is 4.64. The van der Waals surface area contributed by atoms with E-state index in [-0.39, 0.29) is 0 Å². The molecule has 0 unspecified atom stereocenters. The number of hydrogen-bond donors (Lipinski definition) is 1. The van der Waals surface area contributed by atoms with Gasteiger partial charge in [0.2, 0.25) is 0 Å². The average Bonchev–Trinajstić information content (AvgIpc) is 3.14. The molecule has 0 aliphatic heterocycles. The number of rotatable bonds is 7. The lowest BCUT2D eigenvalue weighted by Gasteiger charge is -2.14. The molecule has 1 saturated carbocycles. The molecule has 1 aliphatic rings. The molecule has 0 amide bonds. The van der Waals surface area contributed by atoms with Gasteiger partial charge in [0.25, 0.3) is 0 Å². The zero-order valence-corrected chi connectivity index (χ0v) is 13.6. The van der Waals surface area contributed by atoms with Gasteiger partial charge in [0.15, 0.2) is 0 Å². The van der Waals surface area contributed by atoms with Gasteiger partial charge in [-0.05, 0) is 65.8 Å². The van der Waals surface area contributed by atoms with Gasteiger partial charge in [0, 0.05) is 19.0 Å². The minimum absolute atomic E-state index is 0.748. The molecule has 0 radical (unpaired) electrons. The highest BCUT2D eigenvalue weighted by Gasteiger charge is 2.20. The van der Waals surface area contributed by atoms with Crippen LogP contribution in [0.3, 0.4) is 0 Å². The monoisotopic (exact) mass is 301 g/mol. The van der Waals surface area contributed by atoms with Crippen molar-refractivity contribution in [2.75, 3.05) is 6.61 Å². The van der Waals surface area contributed by atoms with E-state index in [4.69, 9.17) is 4.74 Å². The second-order valence-electron chi connectivity index (χ2n) is 5.94. The maximum absolute atomic E-state index is 6.02. The Morgan fingerprint density at radius 2 is 1.95 bits per heavy atom. The summed E-state index contributed by atoms with van der Waals surface area (Å²) in [6.07, 6.45) is 3.65. The third-order valence-electron chi connectivity index (χ3n) is 3.91. The van der Waals surface area contributed by atoms with Gasteiger partial charge < -0.3 is 10.1 Å². The van der Waals surface area contributed by atoms with Crippen LogP contribution in [0.4, 0.5) is 0 Å². The van der Waals surface area contributed by atoms with Crippen LogP contribution in [0.25, 0.3) is 0 Å². The summed E-state index contributed by atoms with van der Waals surface area (Å²) in [6.45, 7) is 6.01. The molecule has 112 valence electrons. The summed E-state index contributed by atoms with van der Waals surface area (Å²) in [4.78, 5) is 0. The molecule has 1 aromatic heterocycles. The van der Waals surface area contributed by atoms with E-state index in [1.807, 2.05) is 0 Å². The number of ether oxygens (including phenoxy) is 1. The molecule has 3 rings (SSSR count). The van der Waals surface area contributed by atoms with Gasteiger partial charge in [-0.25, -0.2) is 0 Å². The van der Waals surface area contributed by atoms with Crippen LogP contribution in [-0.2, 0) is 13.0 Å². The van der Waals surface area contributed by atoms with Crippen LogP contribution in [0.15, 0.2) is 29.0 Å². The highest BCUT2D eigenvalue weighted by molar-refractivity contribution is 7.07. The Balaban J connectivity index is 1.58. The van der Waals surface area contributed by atoms with Crippen LogP contribution in [-0.4, -0.2) is 12.6 Å². The molecule has 1 aliphatic carbocycles. The van der Waals surface area contributed by atoms with Crippen LogP contribution >= 0.6 is 11.3 Å². The molecule has 21 heavy (non-hydrogen) atoms. The Kier molecular flexibility index (Phi) is 4.61. The van der Waals surface area contributed by atoms with E-state index in [2.05, 4.69) is 48.1 Å². The maximum atomic E-state index is 6.02. The number of benzene rings is 1. The van der Waals surface area contributed by atoms with Crippen molar-refractivity contribution in [1.82, 2.24) is 5.32 Å². The lowest BCUT2D eigenvalue weighted by Crippen LogP contribution is -2.15. The zero-order valence-electron chi connectivity index (χ0n) is 12.8. The Morgan fingerprint density at radius 1 is 1.19 bits per heavy atom. The van der Waals surface area contributed by atoms with Crippen molar-refractivity contribution in [3.05, 3.63) is 51.2 Å². The first kappa shape index (κ1) is 14.6. The minimum atomic E-state index is 0.748. The van der Waals surface area contributed by atoms with Crippen LogP contribution in [0.5, 0.6) is 5.75 Å². The van der Waals surface area contributed by atoms with Gasteiger partial charge in [-0.15, -0.1) is 0 Å². The van der Waals surface area contributed by atoms with Crippen molar-refractivity contribution in [1.29, 1.82) is 0 Å². The van der Waals surface area contributed by atoms with Gasteiger partial charge in [0.05, 0.1) is 6.61 Å². The number of nitrogens with one attached hydrogen (secondary N) is 1. The topological polar surface area (TPSA) is 21.3 Å². The van der Waals surface area contributed by atoms with Gasteiger partial charge in [-0.1, -0.05) is 12.1 Å². The highest BCUT2D eigenvalue weighted by atomic mass is 32.1. The van der Waals surface area contributed by atoms with E-state index >= 15 is 0 Å². The predicted octanol–water partition coefficient (Wildman–Crippen LogP) is 4.24. The standard InChI is InChI=1S/C18H23NOS/c1-13-9-16(11-19-17-3-4-17)10-14(2)18(13)20-7-5-15-6-8-21-12-15/h6,8-10,12,17,19H,3-5,7,11H2,1-2H3. The fraction of sp³-hybridized carbons (Fsp3) is 0.444. The first-order valence-electron chi connectivity index (χ1n) is 7.70. The smallest absolute Gasteiger partial charge is 0.125 e. The number of thiophene rings is 1. The van der Waals surface area contributed by atoms with Crippen molar-refractivity contribution in [2.45, 2.75) is 45.7 Å². The molecule has 1 heterocycles. The Hall–Kier alpha value is -1.32. The molecule has 0 atom stereocenters. The number of hydrogen-bond acceptors (Lipinski definition) is 3. The first-order valence-corrected chi connectivity index (χ1v) is 8.64. The van der Waals surface area contributed by atoms with Crippen LogP contribution < -0.4 is 10.1 Å². The van der Waals surface area contributed by atoms with Crippen molar-refractivity contribution < 1.29 is 4.74 Å². The molecule has 0 bridgehead atoms. The maximum Gasteiger partial charge on any atom is 0.125 e. The summed E-state index contributed by atoms with van der Waals surface area (Å²) in [7, 11) is 0. The van der Waals surface area contributed by atoms with Gasteiger partial charge >= 0.3 is 0 Å². The van der Waals surface area contributed by atoms with Gasteiger partial charge in [0.1, 0.15) is 5.75 Å². The lowest BCUT2D eigenvalue weighted by molar-refractivity contribution is 0.317. The van der Waals surface area contributed by atoms with Crippen molar-refractivity contribution in [2.24, 2.45) is 0 Å². The normalized spacial score (nSPS) is 14.4. The molecule has 2 aromatic rings. The van der Waals surface area contributed by atoms with Crippen LogP contribution in [0, 0.1) is 13.8 Å². The molecule has 2 nitrogen and oxygen atoms in total. The summed E-state index contributed by atoms with van der Waals surface area (Å²) in [5.41, 5.74) is 5.21. The second-order valence-corrected chi connectivity index (χ2v) is 6.72. The summed E-state index contributed by atoms with van der Waals surface area (Å²) in [6, 6.07) is 7.43. The Morgan fingerprint density at radius 3 is 2.57 bits per heavy atom. The van der Waals surface area contributed by atoms with Crippen molar-refractivity contribution >= 4 is 11.3 Å². The van der Waals surface area contributed by atoms with E-state index < -0.39 is 0 Å². The molecule has 0 saturated heterocycles. The summed E-state index contributed by atoms with van der Waals surface area (Å²) in [5, 5.41) is 7.88. The minimum Gasteiger partial charge on any atom is -0.493 e. The van der Waals surface area contributed by atoms with E-state index in [0.29, 0.717) is 0 Å². The van der Waals surface area contributed by atoms with Gasteiger partial charge in [-0.3, -0.25) is 0 Å². The molecule has 3 heteroatoms. The second kappa shape index (κ2) is 6.63. The zero-order chi connectivity index (χ0) is 14.7. The Bertz CT molecular complexity index is 564. The summed E-state index contributed by atoms with van der Waals surface area (Å²) < 4.78 is 6.02. The quantitative estimate of drug-likeness (QED) is 0.826. The average molecular weight is 301 g/mol. The van der Waals surface area contributed by atoms with Crippen molar-refractivity contribution in [3.63, 3.8) is 0 Å².